The van der Waals surface area contributed by atoms with Crippen LogP contribution in [0.15, 0.2) is 12.2 Å². The number of carbonyl (C=O) groups excluding carboxylic acids is 1. The molecule has 2 nitrogen and oxygen atoms in total. The van der Waals surface area contributed by atoms with Crippen LogP contribution in [0, 0.1) is 17.8 Å². The van der Waals surface area contributed by atoms with Crippen molar-refractivity contribution >= 4 is 5.97 Å². The molecule has 12 heavy (non-hydrogen) atoms. The van der Waals surface area contributed by atoms with Crippen molar-refractivity contribution in [2.24, 2.45) is 17.8 Å². The fourth-order valence-corrected chi connectivity index (χ4v) is 3.23. The number of rotatable bonds is 0. The molecule has 4 atom stereocenters. The average molecular weight is 164 g/mol. The first-order chi connectivity index (χ1) is 5.77. The number of fused-ring (bicyclic) bond motifs is 5. The van der Waals surface area contributed by atoms with E-state index in [4.69, 9.17) is 4.74 Å². The molecule has 2 aliphatic carbocycles. The minimum absolute atomic E-state index is 0.137. The highest BCUT2D eigenvalue weighted by Gasteiger charge is 2.55. The maximum absolute atomic E-state index is 11.2. The molecule has 1 heterocycles. The molecule has 2 bridgehead atoms. The summed E-state index contributed by atoms with van der Waals surface area (Å²) in [6, 6.07) is 0. The van der Waals surface area contributed by atoms with Gasteiger partial charge in [-0.1, -0.05) is 6.58 Å². The van der Waals surface area contributed by atoms with Crippen molar-refractivity contribution in [2.45, 2.75) is 25.4 Å². The standard InChI is InChI=1S/C10H12O2/c1-5-8-6-2-3-7(4-6)9(8)12-10(5)11/h6-9H,1-4H2/t6-,7+,8?,9?/m1/s1. The van der Waals surface area contributed by atoms with E-state index in [2.05, 4.69) is 6.58 Å². The molecule has 0 radical (unpaired) electrons. The van der Waals surface area contributed by atoms with E-state index >= 15 is 0 Å². The molecule has 2 saturated carbocycles. The molecule has 0 aromatic rings. The Labute approximate surface area is 71.6 Å². The highest BCUT2D eigenvalue weighted by atomic mass is 16.6. The summed E-state index contributed by atoms with van der Waals surface area (Å²) in [6.45, 7) is 3.82. The molecular weight excluding hydrogens is 152 g/mol. The Balaban J connectivity index is 2.00. The SMILES string of the molecule is C=C1C(=O)OC2C1[C@@H]1CC[C@H]2C1. The number of ether oxygens (including phenoxy) is 1. The largest absolute Gasteiger partial charge is 0.458 e. The second-order valence-corrected chi connectivity index (χ2v) is 4.25. The molecule has 3 rings (SSSR count). The van der Waals surface area contributed by atoms with Gasteiger partial charge in [-0.2, -0.15) is 0 Å². The molecule has 0 aromatic heterocycles. The summed E-state index contributed by atoms with van der Waals surface area (Å²) < 4.78 is 5.29. The fourth-order valence-electron chi connectivity index (χ4n) is 3.23. The molecule has 0 amide bonds. The molecule has 2 unspecified atom stereocenters. The van der Waals surface area contributed by atoms with E-state index < -0.39 is 0 Å². The summed E-state index contributed by atoms with van der Waals surface area (Å²) in [5.74, 6) is 1.61. The smallest absolute Gasteiger partial charge is 0.334 e. The van der Waals surface area contributed by atoms with Gasteiger partial charge in [-0.15, -0.1) is 0 Å². The van der Waals surface area contributed by atoms with Gasteiger partial charge in [0.2, 0.25) is 0 Å². The summed E-state index contributed by atoms with van der Waals surface area (Å²) in [4.78, 5) is 11.2. The Morgan fingerprint density at radius 1 is 1.33 bits per heavy atom. The lowest BCUT2D eigenvalue weighted by atomic mass is 9.84. The third-order valence-electron chi connectivity index (χ3n) is 3.75. The van der Waals surface area contributed by atoms with Crippen molar-refractivity contribution in [3.05, 3.63) is 12.2 Å². The lowest BCUT2D eigenvalue weighted by molar-refractivity contribution is -0.140. The van der Waals surface area contributed by atoms with Crippen LogP contribution in [-0.4, -0.2) is 12.1 Å². The van der Waals surface area contributed by atoms with E-state index in [1.807, 2.05) is 0 Å². The van der Waals surface area contributed by atoms with Crippen LogP contribution in [0.5, 0.6) is 0 Å². The van der Waals surface area contributed by atoms with E-state index in [0.29, 0.717) is 17.8 Å². The van der Waals surface area contributed by atoms with Crippen molar-refractivity contribution < 1.29 is 9.53 Å². The zero-order chi connectivity index (χ0) is 8.29. The van der Waals surface area contributed by atoms with Crippen LogP contribution in [-0.2, 0) is 9.53 Å². The third-order valence-corrected chi connectivity index (χ3v) is 3.75. The summed E-state index contributed by atoms with van der Waals surface area (Å²) in [6.07, 6.45) is 4.01. The number of hydrogen-bond donors (Lipinski definition) is 0. The second-order valence-electron chi connectivity index (χ2n) is 4.25. The predicted octanol–water partition coefficient (Wildman–Crippen LogP) is 1.51. The zero-order valence-corrected chi connectivity index (χ0v) is 6.95. The monoisotopic (exact) mass is 164 g/mol. The Morgan fingerprint density at radius 3 is 2.83 bits per heavy atom. The first-order valence-electron chi connectivity index (χ1n) is 4.67. The molecule has 2 heteroatoms. The van der Waals surface area contributed by atoms with Gasteiger partial charge >= 0.3 is 5.97 Å². The maximum atomic E-state index is 11.2. The zero-order valence-electron chi connectivity index (χ0n) is 6.95. The van der Waals surface area contributed by atoms with Gasteiger partial charge in [-0.3, -0.25) is 0 Å². The van der Waals surface area contributed by atoms with Crippen molar-refractivity contribution in [2.75, 3.05) is 0 Å². The fraction of sp³-hybridized carbons (Fsp3) is 0.700. The summed E-state index contributed by atoms with van der Waals surface area (Å²) in [5.41, 5.74) is 0.743. The minimum Gasteiger partial charge on any atom is -0.458 e. The molecule has 0 aromatic carbocycles. The molecule has 3 aliphatic rings. The highest BCUT2D eigenvalue weighted by molar-refractivity contribution is 5.91. The van der Waals surface area contributed by atoms with E-state index in [0.717, 1.165) is 5.57 Å². The summed E-state index contributed by atoms with van der Waals surface area (Å²) >= 11 is 0. The number of esters is 1. The van der Waals surface area contributed by atoms with Gasteiger partial charge in [0.15, 0.2) is 0 Å². The van der Waals surface area contributed by atoms with Gasteiger partial charge in [0.05, 0.1) is 0 Å². The van der Waals surface area contributed by atoms with Crippen LogP contribution in [0.1, 0.15) is 19.3 Å². The number of hydrogen-bond acceptors (Lipinski definition) is 2. The van der Waals surface area contributed by atoms with Crippen LogP contribution in [0.25, 0.3) is 0 Å². The van der Waals surface area contributed by atoms with Crippen LogP contribution in [0.4, 0.5) is 0 Å². The molecule has 1 saturated heterocycles. The normalized spacial score (nSPS) is 49.7. The van der Waals surface area contributed by atoms with Crippen molar-refractivity contribution in [3.8, 4) is 0 Å². The second kappa shape index (κ2) is 1.93. The van der Waals surface area contributed by atoms with E-state index in [-0.39, 0.29) is 12.1 Å². The molecular formula is C10H12O2. The third kappa shape index (κ3) is 0.598. The highest BCUT2D eigenvalue weighted by Crippen LogP contribution is 2.55. The Bertz CT molecular complexity index is 269. The predicted molar refractivity (Wildman–Crippen MR) is 43.3 cm³/mol. The first-order valence-corrected chi connectivity index (χ1v) is 4.67. The molecule has 3 fully saturated rings. The average Bonchev–Trinajstić information content (AvgIpc) is 2.66. The van der Waals surface area contributed by atoms with Crippen LogP contribution >= 0.6 is 0 Å². The van der Waals surface area contributed by atoms with Gasteiger partial charge < -0.3 is 4.74 Å². The molecule has 0 spiro atoms. The quantitative estimate of drug-likeness (QED) is 0.400. The van der Waals surface area contributed by atoms with Crippen molar-refractivity contribution in [1.82, 2.24) is 0 Å². The van der Waals surface area contributed by atoms with Gasteiger partial charge in [0.1, 0.15) is 6.10 Å². The topological polar surface area (TPSA) is 26.3 Å². The van der Waals surface area contributed by atoms with Gasteiger partial charge in [-0.05, 0) is 31.1 Å². The van der Waals surface area contributed by atoms with E-state index in [9.17, 15) is 4.79 Å². The van der Waals surface area contributed by atoms with Gasteiger partial charge in [-0.25, -0.2) is 4.79 Å². The van der Waals surface area contributed by atoms with Gasteiger partial charge in [0.25, 0.3) is 0 Å². The maximum Gasteiger partial charge on any atom is 0.334 e. The van der Waals surface area contributed by atoms with Crippen LogP contribution < -0.4 is 0 Å². The molecule has 64 valence electrons. The van der Waals surface area contributed by atoms with Crippen LogP contribution in [0.2, 0.25) is 0 Å². The van der Waals surface area contributed by atoms with Crippen molar-refractivity contribution in [1.29, 1.82) is 0 Å². The van der Waals surface area contributed by atoms with Crippen molar-refractivity contribution in [3.63, 3.8) is 0 Å². The summed E-state index contributed by atoms with van der Waals surface area (Å²) in [7, 11) is 0. The Kier molecular flexibility index (Phi) is 1.07. The van der Waals surface area contributed by atoms with E-state index in [1.54, 1.807) is 0 Å². The van der Waals surface area contributed by atoms with E-state index in [1.165, 1.54) is 19.3 Å². The summed E-state index contributed by atoms with van der Waals surface area (Å²) in [5, 5.41) is 0. The molecule has 0 N–H and O–H groups in total. The van der Waals surface area contributed by atoms with Crippen LogP contribution in [0.3, 0.4) is 0 Å². The minimum atomic E-state index is -0.137. The lowest BCUT2D eigenvalue weighted by Gasteiger charge is -2.21. The lowest BCUT2D eigenvalue weighted by Crippen LogP contribution is -2.23. The van der Waals surface area contributed by atoms with Gasteiger partial charge in [0, 0.05) is 11.5 Å². The molecule has 1 aliphatic heterocycles. The number of carbonyl (C=O) groups is 1. The first kappa shape index (κ1) is 6.70. The Hall–Kier alpha value is -0.790. The Morgan fingerprint density at radius 2 is 2.08 bits per heavy atom.